The lowest BCUT2D eigenvalue weighted by Gasteiger charge is -2.11. The lowest BCUT2D eigenvalue weighted by Crippen LogP contribution is -2.39. The number of hydrogen-bond acceptors (Lipinski definition) is 2. The summed E-state index contributed by atoms with van der Waals surface area (Å²) in [6.07, 6.45) is 2.10. The highest BCUT2D eigenvalue weighted by molar-refractivity contribution is 5.80. The van der Waals surface area contributed by atoms with Gasteiger partial charge in [-0.05, 0) is 43.0 Å². The van der Waals surface area contributed by atoms with Crippen molar-refractivity contribution in [1.82, 2.24) is 10.6 Å². The van der Waals surface area contributed by atoms with E-state index in [2.05, 4.69) is 60.0 Å². The third-order valence-electron chi connectivity index (χ3n) is 4.51. The van der Waals surface area contributed by atoms with Crippen molar-refractivity contribution in [3.63, 3.8) is 0 Å². The molecule has 0 radical (unpaired) electrons. The van der Waals surface area contributed by atoms with Gasteiger partial charge in [-0.25, -0.2) is 0 Å². The monoisotopic (exact) mass is 337 g/mol. The van der Waals surface area contributed by atoms with Gasteiger partial charge in [-0.15, -0.1) is 0 Å². The van der Waals surface area contributed by atoms with Crippen LogP contribution in [-0.2, 0) is 6.42 Å². The van der Waals surface area contributed by atoms with Gasteiger partial charge < -0.3 is 15.4 Å². The molecule has 3 rings (SSSR count). The van der Waals surface area contributed by atoms with Gasteiger partial charge in [-0.3, -0.25) is 4.99 Å². The first-order valence-corrected chi connectivity index (χ1v) is 9.03. The van der Waals surface area contributed by atoms with Crippen LogP contribution in [0.3, 0.4) is 0 Å². The van der Waals surface area contributed by atoms with E-state index < -0.39 is 0 Å². The molecule has 2 atom stereocenters. The zero-order valence-corrected chi connectivity index (χ0v) is 15.0. The van der Waals surface area contributed by atoms with Crippen LogP contribution >= 0.6 is 0 Å². The molecule has 0 aromatic heterocycles. The van der Waals surface area contributed by atoms with E-state index in [1.165, 1.54) is 17.5 Å². The first kappa shape index (κ1) is 17.3. The molecule has 2 N–H and O–H groups in total. The molecule has 0 bridgehead atoms. The highest BCUT2D eigenvalue weighted by Gasteiger charge is 2.38. The van der Waals surface area contributed by atoms with Crippen LogP contribution in [0.15, 0.2) is 59.6 Å². The van der Waals surface area contributed by atoms with Crippen LogP contribution in [0.4, 0.5) is 0 Å². The van der Waals surface area contributed by atoms with Crippen molar-refractivity contribution in [2.24, 2.45) is 4.99 Å². The third kappa shape index (κ3) is 4.99. The van der Waals surface area contributed by atoms with E-state index in [0.717, 1.165) is 31.2 Å². The number of rotatable bonds is 7. The molecule has 25 heavy (non-hydrogen) atoms. The fourth-order valence-corrected chi connectivity index (χ4v) is 3.01. The minimum Gasteiger partial charge on any atom is -0.497 e. The highest BCUT2D eigenvalue weighted by Crippen LogP contribution is 2.40. The fourth-order valence-electron chi connectivity index (χ4n) is 3.01. The molecule has 4 heteroatoms. The average molecular weight is 337 g/mol. The van der Waals surface area contributed by atoms with Gasteiger partial charge in [-0.2, -0.15) is 0 Å². The molecule has 4 nitrogen and oxygen atoms in total. The molecule has 1 aliphatic rings. The molecule has 2 aromatic carbocycles. The first-order valence-electron chi connectivity index (χ1n) is 9.03. The highest BCUT2D eigenvalue weighted by atomic mass is 16.5. The second-order valence-electron chi connectivity index (χ2n) is 6.36. The quantitative estimate of drug-likeness (QED) is 0.602. The van der Waals surface area contributed by atoms with Gasteiger partial charge in [0.25, 0.3) is 0 Å². The summed E-state index contributed by atoms with van der Waals surface area (Å²) in [7, 11) is 1.69. The van der Waals surface area contributed by atoms with E-state index in [4.69, 9.17) is 9.73 Å². The van der Waals surface area contributed by atoms with E-state index in [-0.39, 0.29) is 0 Å². The van der Waals surface area contributed by atoms with Gasteiger partial charge in [-0.1, -0.05) is 42.5 Å². The molecule has 2 aromatic rings. The standard InChI is InChI=1S/C21H27N3O/c1-3-22-21(23-14-13-16-9-11-18(25-2)12-10-16)24-20-15-19(20)17-7-5-4-6-8-17/h4-12,19-20H,3,13-15H2,1-2H3,(H2,22,23,24). The number of guanidine groups is 1. The molecule has 0 amide bonds. The number of nitrogens with zero attached hydrogens (tertiary/aromatic N) is 1. The molecule has 1 fully saturated rings. The van der Waals surface area contributed by atoms with Crippen molar-refractivity contribution in [2.45, 2.75) is 31.7 Å². The van der Waals surface area contributed by atoms with E-state index in [1.54, 1.807) is 7.11 Å². The molecule has 2 unspecified atom stereocenters. The predicted molar refractivity (Wildman–Crippen MR) is 103 cm³/mol. The number of benzene rings is 2. The summed E-state index contributed by atoms with van der Waals surface area (Å²) in [6, 6.07) is 19.4. The van der Waals surface area contributed by atoms with Crippen LogP contribution in [0.1, 0.15) is 30.4 Å². The Morgan fingerprint density at radius 3 is 2.56 bits per heavy atom. The van der Waals surface area contributed by atoms with Gasteiger partial charge in [0.1, 0.15) is 5.75 Å². The van der Waals surface area contributed by atoms with Crippen molar-refractivity contribution in [3.8, 4) is 5.75 Å². The van der Waals surface area contributed by atoms with Crippen molar-refractivity contribution in [1.29, 1.82) is 0 Å². The fraction of sp³-hybridized carbons (Fsp3) is 0.381. The number of aliphatic imine (C=N–C) groups is 1. The Labute approximate surface area is 150 Å². The molecule has 1 aliphatic carbocycles. The Hall–Kier alpha value is -2.49. The Morgan fingerprint density at radius 1 is 1.12 bits per heavy atom. The normalized spacial score (nSPS) is 19.4. The Kier molecular flexibility index (Phi) is 5.94. The van der Waals surface area contributed by atoms with E-state index in [0.29, 0.717) is 12.0 Å². The Balaban J connectivity index is 1.51. The maximum atomic E-state index is 5.19. The van der Waals surface area contributed by atoms with E-state index >= 15 is 0 Å². The second-order valence-corrected chi connectivity index (χ2v) is 6.36. The van der Waals surface area contributed by atoms with Crippen molar-refractivity contribution in [3.05, 3.63) is 65.7 Å². The second kappa shape index (κ2) is 8.56. The number of hydrogen-bond donors (Lipinski definition) is 2. The lowest BCUT2D eigenvalue weighted by atomic mass is 10.1. The van der Waals surface area contributed by atoms with E-state index in [9.17, 15) is 0 Å². The molecule has 0 spiro atoms. The minimum absolute atomic E-state index is 0.487. The van der Waals surface area contributed by atoms with Gasteiger partial charge in [0.05, 0.1) is 7.11 Å². The van der Waals surface area contributed by atoms with Crippen LogP contribution in [0, 0.1) is 0 Å². The van der Waals surface area contributed by atoms with Crippen LogP contribution in [0.2, 0.25) is 0 Å². The maximum Gasteiger partial charge on any atom is 0.191 e. The SMILES string of the molecule is CCNC(=NCCc1ccc(OC)cc1)NC1CC1c1ccccc1. The van der Waals surface area contributed by atoms with E-state index in [1.807, 2.05) is 12.1 Å². The number of methoxy groups -OCH3 is 1. The molecular weight excluding hydrogens is 310 g/mol. The molecule has 132 valence electrons. The van der Waals surface area contributed by atoms with Gasteiger partial charge in [0.15, 0.2) is 5.96 Å². The van der Waals surface area contributed by atoms with Crippen LogP contribution < -0.4 is 15.4 Å². The maximum absolute atomic E-state index is 5.19. The summed E-state index contributed by atoms with van der Waals surface area (Å²) in [5.41, 5.74) is 2.68. The van der Waals surface area contributed by atoms with Crippen LogP contribution in [0.25, 0.3) is 0 Å². The average Bonchev–Trinajstić information content (AvgIpc) is 3.42. The summed E-state index contributed by atoms with van der Waals surface area (Å²) in [6.45, 7) is 3.74. The largest absolute Gasteiger partial charge is 0.497 e. The summed E-state index contributed by atoms with van der Waals surface area (Å²) < 4.78 is 5.19. The molecule has 0 aliphatic heterocycles. The van der Waals surface area contributed by atoms with Crippen molar-refractivity contribution < 1.29 is 4.74 Å². The summed E-state index contributed by atoms with van der Waals surface area (Å²) >= 11 is 0. The minimum atomic E-state index is 0.487. The molecule has 0 saturated heterocycles. The van der Waals surface area contributed by atoms with Crippen LogP contribution in [-0.4, -0.2) is 32.2 Å². The zero-order valence-electron chi connectivity index (χ0n) is 15.0. The Bertz CT molecular complexity index is 682. The Morgan fingerprint density at radius 2 is 1.88 bits per heavy atom. The number of nitrogens with one attached hydrogen (secondary N) is 2. The number of ether oxygens (including phenoxy) is 1. The van der Waals surface area contributed by atoms with Crippen molar-refractivity contribution in [2.75, 3.05) is 20.2 Å². The zero-order chi connectivity index (χ0) is 17.5. The topological polar surface area (TPSA) is 45.7 Å². The molecule has 0 heterocycles. The third-order valence-corrected chi connectivity index (χ3v) is 4.51. The summed E-state index contributed by atoms with van der Waals surface area (Å²) in [4.78, 5) is 4.72. The first-order chi connectivity index (χ1) is 12.3. The molecular formula is C21H27N3O. The smallest absolute Gasteiger partial charge is 0.191 e. The van der Waals surface area contributed by atoms with Crippen molar-refractivity contribution >= 4 is 5.96 Å². The van der Waals surface area contributed by atoms with Crippen LogP contribution in [0.5, 0.6) is 5.75 Å². The van der Waals surface area contributed by atoms with Gasteiger partial charge in [0.2, 0.25) is 0 Å². The lowest BCUT2D eigenvalue weighted by molar-refractivity contribution is 0.414. The van der Waals surface area contributed by atoms with Gasteiger partial charge in [0, 0.05) is 25.0 Å². The summed E-state index contributed by atoms with van der Waals surface area (Å²) in [5, 5.41) is 6.91. The summed E-state index contributed by atoms with van der Waals surface area (Å²) in [5.74, 6) is 2.41. The molecule has 1 saturated carbocycles. The van der Waals surface area contributed by atoms with Gasteiger partial charge >= 0.3 is 0 Å². The predicted octanol–water partition coefficient (Wildman–Crippen LogP) is 3.35.